The number of nitrogens with zero attached hydrogens (tertiary/aromatic N) is 4. The summed E-state index contributed by atoms with van der Waals surface area (Å²) in [5.41, 5.74) is 4.85. The highest BCUT2D eigenvalue weighted by molar-refractivity contribution is 5.74. The van der Waals surface area contributed by atoms with Crippen molar-refractivity contribution < 1.29 is 14.3 Å². The van der Waals surface area contributed by atoms with Crippen molar-refractivity contribution >= 4 is 17.2 Å². The number of ether oxygens (including phenoxy) is 2. The molecule has 1 aliphatic heterocycles. The fourth-order valence-electron chi connectivity index (χ4n) is 4.73. The highest BCUT2D eigenvalue weighted by Gasteiger charge is 2.31. The number of nitrogens with one attached hydrogen (secondary N) is 1. The lowest BCUT2D eigenvalue weighted by Gasteiger charge is -2.26. The van der Waals surface area contributed by atoms with Crippen molar-refractivity contribution in [3.05, 3.63) is 46.8 Å². The molecule has 8 heteroatoms. The molecule has 2 aromatic rings. The molecule has 0 radical (unpaired) electrons. The van der Waals surface area contributed by atoms with Crippen LogP contribution in [0.25, 0.3) is 5.65 Å². The van der Waals surface area contributed by atoms with E-state index in [0.29, 0.717) is 0 Å². The van der Waals surface area contributed by atoms with Gasteiger partial charge in [0.1, 0.15) is 0 Å². The Labute approximate surface area is 182 Å². The van der Waals surface area contributed by atoms with E-state index in [1.807, 2.05) is 18.4 Å². The molecule has 2 unspecified atom stereocenters. The normalized spacial score (nSPS) is 23.5. The molecule has 0 saturated carbocycles. The van der Waals surface area contributed by atoms with Crippen LogP contribution in [0, 0.1) is 19.8 Å². The Morgan fingerprint density at radius 2 is 1.90 bits per heavy atom. The zero-order chi connectivity index (χ0) is 22.3. The number of fused-ring (bicyclic) bond motifs is 1. The number of imidazole rings is 1. The number of allylic oxidation sites excluding steroid dienone is 2. The first kappa shape index (κ1) is 21.2. The van der Waals surface area contributed by atoms with Crippen LogP contribution >= 0.6 is 0 Å². The molecule has 0 aromatic carbocycles. The zero-order valence-electron chi connectivity index (χ0n) is 19.1. The minimum absolute atomic E-state index is 0.0114. The number of amides is 1. The van der Waals surface area contributed by atoms with Crippen LogP contribution in [0.4, 0.5) is 5.69 Å². The van der Waals surface area contributed by atoms with Crippen LogP contribution in [0.5, 0.6) is 0 Å². The van der Waals surface area contributed by atoms with Crippen molar-refractivity contribution in [3.8, 4) is 0 Å². The standard InChI is InChI=1S/C23H31N5O3/c1-13-9-20(30-5)21(31-6)11-18(13)22-15(3)24-23-19(10-14(2)26-28(22)23)27-8-7-17(12-27)25-16(4)29/h9-11,13,17-18H,7-8,12H2,1-6H3,(H,25,29)/t13?,17-,18?/m0/s1. The minimum atomic E-state index is 0.0114. The van der Waals surface area contributed by atoms with Crippen LogP contribution in [0.15, 0.2) is 29.7 Å². The summed E-state index contributed by atoms with van der Waals surface area (Å²) in [7, 11) is 3.32. The second-order valence-corrected chi connectivity index (χ2v) is 8.48. The first-order valence-corrected chi connectivity index (χ1v) is 10.7. The first-order chi connectivity index (χ1) is 14.8. The lowest BCUT2D eigenvalue weighted by molar-refractivity contribution is -0.119. The van der Waals surface area contributed by atoms with Crippen molar-refractivity contribution in [2.24, 2.45) is 5.92 Å². The van der Waals surface area contributed by atoms with E-state index in [-0.39, 0.29) is 23.8 Å². The molecule has 3 atom stereocenters. The molecule has 2 aromatic heterocycles. The number of carbonyl (C=O) groups excluding carboxylic acids is 1. The molecular weight excluding hydrogens is 394 g/mol. The summed E-state index contributed by atoms with van der Waals surface area (Å²) in [5, 5.41) is 7.87. The number of rotatable bonds is 5. The van der Waals surface area contributed by atoms with Crippen LogP contribution in [0.1, 0.15) is 43.3 Å². The quantitative estimate of drug-likeness (QED) is 0.793. The molecular formula is C23H31N5O3. The monoisotopic (exact) mass is 425 g/mol. The largest absolute Gasteiger partial charge is 0.493 e. The van der Waals surface area contributed by atoms with Crippen molar-refractivity contribution in [3.63, 3.8) is 0 Å². The van der Waals surface area contributed by atoms with E-state index in [4.69, 9.17) is 19.6 Å². The number of hydrogen-bond acceptors (Lipinski definition) is 6. The number of methoxy groups -OCH3 is 2. The van der Waals surface area contributed by atoms with Gasteiger partial charge in [-0.3, -0.25) is 4.79 Å². The topological polar surface area (TPSA) is 81.0 Å². The van der Waals surface area contributed by atoms with E-state index in [9.17, 15) is 4.79 Å². The second kappa shape index (κ2) is 8.24. The third kappa shape index (κ3) is 3.86. The summed E-state index contributed by atoms with van der Waals surface area (Å²) >= 11 is 0. The Kier molecular flexibility index (Phi) is 5.64. The van der Waals surface area contributed by atoms with Crippen molar-refractivity contribution in [1.29, 1.82) is 0 Å². The van der Waals surface area contributed by atoms with Crippen molar-refractivity contribution in [2.45, 2.75) is 46.1 Å². The lowest BCUT2D eigenvalue weighted by Crippen LogP contribution is -2.35. The van der Waals surface area contributed by atoms with Crippen molar-refractivity contribution in [1.82, 2.24) is 19.9 Å². The molecule has 1 N–H and O–H groups in total. The Bertz CT molecular complexity index is 1070. The van der Waals surface area contributed by atoms with Gasteiger partial charge in [0.15, 0.2) is 17.2 Å². The Balaban J connectivity index is 1.76. The maximum Gasteiger partial charge on any atom is 0.217 e. The van der Waals surface area contributed by atoms with Gasteiger partial charge in [0.25, 0.3) is 0 Å². The molecule has 166 valence electrons. The third-order valence-electron chi connectivity index (χ3n) is 6.15. The SMILES string of the molecule is COC1=CC(C)C(c2c(C)nc3c(N4CC[C@H](NC(C)=O)C4)cc(C)nn23)C=C1OC. The van der Waals surface area contributed by atoms with Gasteiger partial charge in [0, 0.05) is 32.0 Å². The molecule has 3 heterocycles. The number of aromatic nitrogens is 3. The molecule has 31 heavy (non-hydrogen) atoms. The summed E-state index contributed by atoms with van der Waals surface area (Å²) in [4.78, 5) is 18.7. The lowest BCUT2D eigenvalue weighted by atomic mass is 9.85. The number of aryl methyl sites for hydroxylation is 2. The molecule has 8 nitrogen and oxygen atoms in total. The number of anilines is 1. The Morgan fingerprint density at radius 1 is 1.19 bits per heavy atom. The fraction of sp³-hybridized carbons (Fsp3) is 0.522. The highest BCUT2D eigenvalue weighted by atomic mass is 16.5. The van der Waals surface area contributed by atoms with Gasteiger partial charge in [-0.1, -0.05) is 6.92 Å². The van der Waals surface area contributed by atoms with E-state index < -0.39 is 0 Å². The molecule has 1 saturated heterocycles. The second-order valence-electron chi connectivity index (χ2n) is 8.48. The summed E-state index contributed by atoms with van der Waals surface area (Å²) in [5.74, 6) is 1.76. The predicted octanol–water partition coefficient (Wildman–Crippen LogP) is 2.85. The Morgan fingerprint density at radius 3 is 2.58 bits per heavy atom. The molecule has 1 fully saturated rings. The van der Waals surface area contributed by atoms with E-state index in [1.165, 1.54) is 0 Å². The van der Waals surface area contributed by atoms with E-state index in [0.717, 1.165) is 59.4 Å². The maximum atomic E-state index is 11.5. The van der Waals surface area contributed by atoms with Crippen LogP contribution in [0.2, 0.25) is 0 Å². The highest BCUT2D eigenvalue weighted by Crippen LogP contribution is 2.38. The van der Waals surface area contributed by atoms with Crippen LogP contribution in [-0.2, 0) is 14.3 Å². The molecule has 1 amide bonds. The van der Waals surface area contributed by atoms with Gasteiger partial charge >= 0.3 is 0 Å². The van der Waals surface area contributed by atoms with Gasteiger partial charge in [0.2, 0.25) is 5.91 Å². The smallest absolute Gasteiger partial charge is 0.217 e. The third-order valence-corrected chi connectivity index (χ3v) is 6.15. The molecule has 0 spiro atoms. The summed E-state index contributed by atoms with van der Waals surface area (Å²) < 4.78 is 13.0. The maximum absolute atomic E-state index is 11.5. The van der Waals surface area contributed by atoms with E-state index in [1.54, 1.807) is 21.1 Å². The van der Waals surface area contributed by atoms with Crippen LogP contribution in [-0.4, -0.2) is 53.9 Å². The van der Waals surface area contributed by atoms with E-state index >= 15 is 0 Å². The molecule has 4 rings (SSSR count). The fourth-order valence-corrected chi connectivity index (χ4v) is 4.73. The molecule has 2 aliphatic rings. The average molecular weight is 426 g/mol. The van der Waals surface area contributed by atoms with Gasteiger partial charge in [0.05, 0.1) is 37.0 Å². The number of hydrogen-bond donors (Lipinski definition) is 1. The van der Waals surface area contributed by atoms with Gasteiger partial charge in [-0.05, 0) is 44.4 Å². The first-order valence-electron chi connectivity index (χ1n) is 10.7. The predicted molar refractivity (Wildman–Crippen MR) is 119 cm³/mol. The molecule has 0 bridgehead atoms. The summed E-state index contributed by atoms with van der Waals surface area (Å²) in [6.07, 6.45) is 5.12. The Hall–Kier alpha value is -3.03. The summed E-state index contributed by atoms with van der Waals surface area (Å²) in [6, 6.07) is 2.25. The molecule has 1 aliphatic carbocycles. The van der Waals surface area contributed by atoms with Gasteiger partial charge < -0.3 is 19.7 Å². The average Bonchev–Trinajstić information content (AvgIpc) is 3.30. The van der Waals surface area contributed by atoms with E-state index in [2.05, 4.69) is 35.4 Å². The van der Waals surface area contributed by atoms with Crippen LogP contribution in [0.3, 0.4) is 0 Å². The van der Waals surface area contributed by atoms with Gasteiger partial charge in [-0.25, -0.2) is 9.50 Å². The number of carbonyl (C=O) groups is 1. The zero-order valence-corrected chi connectivity index (χ0v) is 19.1. The van der Waals surface area contributed by atoms with Gasteiger partial charge in [-0.2, -0.15) is 5.10 Å². The van der Waals surface area contributed by atoms with Crippen molar-refractivity contribution in [2.75, 3.05) is 32.2 Å². The van der Waals surface area contributed by atoms with Gasteiger partial charge in [-0.15, -0.1) is 0 Å². The minimum Gasteiger partial charge on any atom is -0.493 e. The summed E-state index contributed by atoms with van der Waals surface area (Å²) in [6.45, 7) is 9.42. The van der Waals surface area contributed by atoms with Crippen LogP contribution < -0.4 is 10.2 Å².